The van der Waals surface area contributed by atoms with Gasteiger partial charge in [0, 0.05) is 47.6 Å². The number of hydrogen-bond donors (Lipinski definition) is 0. The summed E-state index contributed by atoms with van der Waals surface area (Å²) in [6, 6.07) is 22.7. The van der Waals surface area contributed by atoms with Crippen LogP contribution in [0.15, 0.2) is 98.0 Å². The summed E-state index contributed by atoms with van der Waals surface area (Å²) in [6.07, 6.45) is 12.5. The third-order valence-corrected chi connectivity index (χ3v) is 5.69. The molecule has 1 saturated carbocycles. The van der Waals surface area contributed by atoms with Gasteiger partial charge in [0.1, 0.15) is 6.33 Å². The first-order chi connectivity index (χ1) is 15.3. The molecule has 0 atom stereocenters. The molecule has 0 amide bonds. The number of hydrogen-bond acceptors (Lipinski definition) is 3. The van der Waals surface area contributed by atoms with Crippen molar-refractivity contribution < 1.29 is 4.57 Å². The molecule has 6 nitrogen and oxygen atoms in total. The van der Waals surface area contributed by atoms with Gasteiger partial charge in [0.05, 0.1) is 17.7 Å². The predicted molar refractivity (Wildman–Crippen MR) is 117 cm³/mol. The minimum absolute atomic E-state index is 0.663. The van der Waals surface area contributed by atoms with Crippen molar-refractivity contribution in [3.8, 4) is 28.5 Å². The van der Waals surface area contributed by atoms with Crippen LogP contribution in [0.3, 0.4) is 0 Å². The maximum Gasteiger partial charge on any atom is 0.211 e. The number of aromatic nitrogens is 6. The normalized spacial score (nSPS) is 13.4. The fraction of sp³-hybridized carbons (Fsp3) is 0.120. The van der Waals surface area contributed by atoms with E-state index < -0.39 is 0 Å². The van der Waals surface area contributed by atoms with Crippen LogP contribution in [0.4, 0.5) is 0 Å². The summed E-state index contributed by atoms with van der Waals surface area (Å²) in [5, 5.41) is 8.51. The highest BCUT2D eigenvalue weighted by Crippen LogP contribution is 2.39. The van der Waals surface area contributed by atoms with Crippen LogP contribution in [-0.4, -0.2) is 24.3 Å². The molecule has 2 aromatic carbocycles. The van der Waals surface area contributed by atoms with Crippen LogP contribution < -0.4 is 4.57 Å². The molecule has 3 aromatic heterocycles. The standard InChI is InChI=1S/C25H21N6/c1-2-6-22(7-3-1)31-18-27-28-25(31)20-5-4-8-23(15-20)29-13-11-21(12-14-29)30-16-24(26-17-30)19-9-10-19/h1-8,11-19H,9-10H2/q+1. The maximum absolute atomic E-state index is 4.55. The van der Waals surface area contributed by atoms with Crippen molar-refractivity contribution in [2.24, 2.45) is 0 Å². The first-order valence-electron chi connectivity index (χ1n) is 10.5. The highest BCUT2D eigenvalue weighted by molar-refractivity contribution is 5.60. The fourth-order valence-corrected chi connectivity index (χ4v) is 3.85. The van der Waals surface area contributed by atoms with Gasteiger partial charge >= 0.3 is 0 Å². The van der Waals surface area contributed by atoms with E-state index in [9.17, 15) is 0 Å². The average Bonchev–Trinajstić information content (AvgIpc) is 3.35. The number of para-hydroxylation sites is 1. The number of rotatable bonds is 5. The highest BCUT2D eigenvalue weighted by atomic mass is 15.3. The van der Waals surface area contributed by atoms with E-state index in [1.807, 2.05) is 35.2 Å². The second-order valence-electron chi connectivity index (χ2n) is 7.85. The second kappa shape index (κ2) is 7.32. The van der Waals surface area contributed by atoms with Gasteiger partial charge in [-0.25, -0.2) is 4.98 Å². The van der Waals surface area contributed by atoms with Crippen molar-refractivity contribution in [1.29, 1.82) is 0 Å². The molecule has 0 saturated heterocycles. The predicted octanol–water partition coefficient (Wildman–Crippen LogP) is 4.27. The molecule has 3 heterocycles. The molecular weight excluding hydrogens is 384 g/mol. The lowest BCUT2D eigenvalue weighted by Crippen LogP contribution is -2.29. The molecule has 0 unspecified atom stereocenters. The summed E-state index contributed by atoms with van der Waals surface area (Å²) in [7, 11) is 0. The van der Waals surface area contributed by atoms with E-state index in [-0.39, 0.29) is 0 Å². The molecule has 6 rings (SSSR count). The molecule has 0 aliphatic heterocycles. The second-order valence-corrected chi connectivity index (χ2v) is 7.85. The Kier molecular flexibility index (Phi) is 4.20. The van der Waals surface area contributed by atoms with Crippen molar-refractivity contribution in [3.05, 3.63) is 104 Å². The third-order valence-electron chi connectivity index (χ3n) is 5.69. The molecule has 0 bridgehead atoms. The van der Waals surface area contributed by atoms with E-state index >= 15 is 0 Å². The Hall–Kier alpha value is -4.06. The van der Waals surface area contributed by atoms with E-state index in [4.69, 9.17) is 0 Å². The Labute approximate surface area is 180 Å². The van der Waals surface area contributed by atoms with Gasteiger partial charge in [-0.05, 0) is 25.0 Å². The lowest BCUT2D eigenvalue weighted by atomic mass is 10.1. The van der Waals surface area contributed by atoms with Crippen LogP contribution in [0.1, 0.15) is 24.5 Å². The molecule has 1 aliphatic carbocycles. The Morgan fingerprint density at radius 2 is 1.68 bits per heavy atom. The monoisotopic (exact) mass is 405 g/mol. The van der Waals surface area contributed by atoms with Crippen molar-refractivity contribution in [3.63, 3.8) is 0 Å². The molecule has 31 heavy (non-hydrogen) atoms. The summed E-state index contributed by atoms with van der Waals surface area (Å²) >= 11 is 0. The van der Waals surface area contributed by atoms with Gasteiger partial charge in [0.15, 0.2) is 18.2 Å². The van der Waals surface area contributed by atoms with E-state index in [1.165, 1.54) is 18.5 Å². The van der Waals surface area contributed by atoms with Crippen LogP contribution in [-0.2, 0) is 0 Å². The summed E-state index contributed by atoms with van der Waals surface area (Å²) in [6.45, 7) is 0. The zero-order chi connectivity index (χ0) is 20.6. The number of benzene rings is 2. The number of imidazole rings is 1. The molecule has 0 radical (unpaired) electrons. The molecule has 0 spiro atoms. The Morgan fingerprint density at radius 1 is 0.839 bits per heavy atom. The molecule has 1 aliphatic rings. The van der Waals surface area contributed by atoms with Crippen LogP contribution in [0.25, 0.3) is 28.5 Å². The van der Waals surface area contributed by atoms with Crippen molar-refractivity contribution >= 4 is 0 Å². The molecule has 0 N–H and O–H groups in total. The van der Waals surface area contributed by atoms with Crippen LogP contribution in [0.2, 0.25) is 0 Å². The highest BCUT2D eigenvalue weighted by Gasteiger charge is 2.25. The fourth-order valence-electron chi connectivity index (χ4n) is 3.85. The zero-order valence-corrected chi connectivity index (χ0v) is 16.9. The van der Waals surface area contributed by atoms with Crippen LogP contribution in [0, 0.1) is 0 Å². The Morgan fingerprint density at radius 3 is 2.48 bits per heavy atom. The summed E-state index contributed by atoms with van der Waals surface area (Å²) in [5.74, 6) is 1.48. The van der Waals surface area contributed by atoms with Crippen molar-refractivity contribution in [2.75, 3.05) is 0 Å². The molecule has 6 heteroatoms. The number of pyridine rings is 1. The summed E-state index contributed by atoms with van der Waals surface area (Å²) < 4.78 is 6.20. The van der Waals surface area contributed by atoms with E-state index in [2.05, 4.69) is 85.4 Å². The van der Waals surface area contributed by atoms with Gasteiger partial charge < -0.3 is 4.57 Å². The maximum atomic E-state index is 4.55. The van der Waals surface area contributed by atoms with Gasteiger partial charge in [-0.3, -0.25) is 4.57 Å². The molecule has 5 aromatic rings. The number of nitrogens with zero attached hydrogens (tertiary/aromatic N) is 6. The quantitative estimate of drug-likeness (QED) is 0.410. The molecular formula is C25H21N6+. The molecule has 150 valence electrons. The lowest BCUT2D eigenvalue weighted by molar-refractivity contribution is -0.595. The van der Waals surface area contributed by atoms with Crippen molar-refractivity contribution in [1.82, 2.24) is 24.3 Å². The summed E-state index contributed by atoms with van der Waals surface area (Å²) in [5.41, 5.74) is 5.42. The van der Waals surface area contributed by atoms with Crippen LogP contribution >= 0.6 is 0 Å². The van der Waals surface area contributed by atoms with Crippen molar-refractivity contribution in [2.45, 2.75) is 18.8 Å². The van der Waals surface area contributed by atoms with Gasteiger partial charge in [-0.1, -0.05) is 30.3 Å². The van der Waals surface area contributed by atoms with Gasteiger partial charge in [-0.2, -0.15) is 4.57 Å². The zero-order valence-electron chi connectivity index (χ0n) is 16.9. The third kappa shape index (κ3) is 3.42. The Balaban J connectivity index is 1.31. The lowest BCUT2D eigenvalue weighted by Gasteiger charge is -2.07. The van der Waals surface area contributed by atoms with E-state index in [1.54, 1.807) is 6.33 Å². The average molecular weight is 405 g/mol. The van der Waals surface area contributed by atoms with Gasteiger partial charge in [0.25, 0.3) is 0 Å². The SMILES string of the molecule is c1ccc(-n2cnnc2-c2cccc(-[n+]3ccc(-n4cnc(C5CC5)c4)cc3)c2)cc1. The smallest absolute Gasteiger partial charge is 0.211 e. The first-order valence-corrected chi connectivity index (χ1v) is 10.5. The van der Waals surface area contributed by atoms with Gasteiger partial charge in [0.2, 0.25) is 5.69 Å². The van der Waals surface area contributed by atoms with Crippen LogP contribution in [0.5, 0.6) is 0 Å². The topological polar surface area (TPSA) is 52.4 Å². The van der Waals surface area contributed by atoms with E-state index in [0.717, 1.165) is 28.5 Å². The largest absolute Gasteiger partial charge is 0.306 e. The molecule has 1 fully saturated rings. The minimum atomic E-state index is 0.663. The summed E-state index contributed by atoms with van der Waals surface area (Å²) in [4.78, 5) is 4.55. The van der Waals surface area contributed by atoms with Gasteiger partial charge in [-0.15, -0.1) is 10.2 Å². The van der Waals surface area contributed by atoms with E-state index in [0.29, 0.717) is 5.92 Å². The minimum Gasteiger partial charge on any atom is -0.306 e. The Bertz CT molecular complexity index is 1330. The first kappa shape index (κ1) is 17.8.